The highest BCUT2D eigenvalue weighted by Gasteiger charge is 2.39. The molecule has 0 atom stereocenters. The van der Waals surface area contributed by atoms with Gasteiger partial charge in [0.25, 0.3) is 0 Å². The van der Waals surface area contributed by atoms with Crippen molar-refractivity contribution in [2.24, 2.45) is 5.41 Å². The number of amides is 1. The van der Waals surface area contributed by atoms with Crippen molar-refractivity contribution in [3.05, 3.63) is 12.7 Å². The minimum Gasteiger partial charge on any atom is -0.481 e. The Hall–Kier alpha value is -1.32. The second-order valence-electron chi connectivity index (χ2n) is 7.27. The average Bonchev–Trinajstić information content (AvgIpc) is 2.34. The van der Waals surface area contributed by atoms with Crippen LogP contribution in [-0.2, 0) is 9.59 Å². The van der Waals surface area contributed by atoms with Crippen molar-refractivity contribution in [2.45, 2.75) is 71.3 Å². The van der Waals surface area contributed by atoms with Crippen molar-refractivity contribution in [3.63, 3.8) is 0 Å². The van der Waals surface area contributed by atoms with E-state index in [1.807, 2.05) is 20.8 Å². The second kappa shape index (κ2) is 7.10. The number of carbonyl (C=O) groups excluding carboxylic acids is 1. The van der Waals surface area contributed by atoms with Crippen LogP contribution in [0.4, 0.5) is 0 Å². The molecule has 1 fully saturated rings. The van der Waals surface area contributed by atoms with E-state index in [9.17, 15) is 14.7 Å². The Labute approximate surface area is 128 Å². The monoisotopic (exact) mass is 295 g/mol. The summed E-state index contributed by atoms with van der Waals surface area (Å²) in [7, 11) is 0. The molecule has 1 amide bonds. The summed E-state index contributed by atoms with van der Waals surface area (Å²) in [5.41, 5.74) is -0.629. The number of rotatable bonds is 6. The fourth-order valence-corrected chi connectivity index (χ4v) is 3.33. The molecule has 1 rings (SSSR count). The molecule has 0 aromatic heterocycles. The predicted octanol–water partition coefficient (Wildman–Crippen LogP) is 3.61. The fraction of sp³-hybridized carbons (Fsp3) is 0.765. The van der Waals surface area contributed by atoms with Gasteiger partial charge in [0.2, 0.25) is 5.91 Å². The van der Waals surface area contributed by atoms with Crippen LogP contribution >= 0.6 is 0 Å². The van der Waals surface area contributed by atoms with E-state index in [0.29, 0.717) is 13.0 Å². The molecular weight excluding hydrogens is 266 g/mol. The summed E-state index contributed by atoms with van der Waals surface area (Å²) >= 11 is 0. The Bertz CT molecular complexity index is 389. The molecule has 1 saturated carbocycles. The Balaban J connectivity index is 2.88. The maximum Gasteiger partial charge on any atom is 0.303 e. The summed E-state index contributed by atoms with van der Waals surface area (Å²) in [6, 6.07) is 0. The van der Waals surface area contributed by atoms with Crippen molar-refractivity contribution in [1.29, 1.82) is 0 Å². The summed E-state index contributed by atoms with van der Waals surface area (Å²) in [5.74, 6) is -0.749. The lowest BCUT2D eigenvalue weighted by atomic mass is 9.69. The van der Waals surface area contributed by atoms with E-state index in [0.717, 1.165) is 32.1 Å². The highest BCUT2D eigenvalue weighted by atomic mass is 16.4. The van der Waals surface area contributed by atoms with E-state index in [4.69, 9.17) is 0 Å². The molecule has 0 radical (unpaired) electrons. The lowest BCUT2D eigenvalue weighted by molar-refractivity contribution is -0.143. The fourth-order valence-electron chi connectivity index (χ4n) is 3.33. The van der Waals surface area contributed by atoms with Crippen LogP contribution in [0.2, 0.25) is 0 Å². The summed E-state index contributed by atoms with van der Waals surface area (Å²) in [6.07, 6.45) is 7.05. The number of hydrogen-bond donors (Lipinski definition) is 1. The molecule has 0 heterocycles. The third-order valence-electron chi connectivity index (χ3n) is 4.39. The largest absolute Gasteiger partial charge is 0.481 e. The van der Waals surface area contributed by atoms with E-state index in [-0.39, 0.29) is 23.3 Å². The highest BCUT2D eigenvalue weighted by molar-refractivity contribution is 5.79. The lowest BCUT2D eigenvalue weighted by Gasteiger charge is -2.40. The van der Waals surface area contributed by atoms with Crippen molar-refractivity contribution in [3.8, 4) is 0 Å². The van der Waals surface area contributed by atoms with Gasteiger partial charge in [0, 0.05) is 18.5 Å². The van der Waals surface area contributed by atoms with Gasteiger partial charge in [-0.25, -0.2) is 0 Å². The summed E-state index contributed by atoms with van der Waals surface area (Å²) in [4.78, 5) is 25.7. The van der Waals surface area contributed by atoms with Crippen LogP contribution in [0.5, 0.6) is 0 Å². The van der Waals surface area contributed by atoms with E-state index >= 15 is 0 Å². The number of carboxylic acids is 1. The van der Waals surface area contributed by atoms with Gasteiger partial charge in [0.15, 0.2) is 0 Å². The minimum absolute atomic E-state index is 0.0468. The molecule has 0 saturated heterocycles. The highest BCUT2D eigenvalue weighted by Crippen LogP contribution is 2.43. The lowest BCUT2D eigenvalue weighted by Crippen LogP contribution is -2.47. The van der Waals surface area contributed by atoms with Crippen molar-refractivity contribution >= 4 is 11.9 Å². The standard InChI is InChI=1S/C17H29NO3/c1-5-11-18(16(2,3)4)14(19)12-17(13-15(20)21)9-7-6-8-10-17/h5H,1,6-13H2,2-4H3,(H,20,21). The van der Waals surface area contributed by atoms with Crippen LogP contribution in [0.1, 0.15) is 65.7 Å². The molecule has 120 valence electrons. The number of aliphatic carboxylic acids is 1. The maximum absolute atomic E-state index is 12.7. The van der Waals surface area contributed by atoms with Crippen LogP contribution < -0.4 is 0 Å². The Morgan fingerprint density at radius 1 is 1.19 bits per heavy atom. The Morgan fingerprint density at radius 2 is 1.76 bits per heavy atom. The molecular formula is C17H29NO3. The molecule has 1 N–H and O–H groups in total. The van der Waals surface area contributed by atoms with E-state index in [2.05, 4.69) is 6.58 Å². The quantitative estimate of drug-likeness (QED) is 0.761. The first kappa shape index (κ1) is 17.7. The zero-order chi connectivity index (χ0) is 16.1. The molecule has 0 aliphatic heterocycles. The summed E-state index contributed by atoms with van der Waals surface area (Å²) in [6.45, 7) is 10.2. The first-order valence-corrected chi connectivity index (χ1v) is 7.83. The van der Waals surface area contributed by atoms with Crippen molar-refractivity contribution in [2.75, 3.05) is 6.54 Å². The van der Waals surface area contributed by atoms with Gasteiger partial charge in [0.05, 0.1) is 6.42 Å². The minimum atomic E-state index is -0.796. The molecule has 0 bridgehead atoms. The van der Waals surface area contributed by atoms with Gasteiger partial charge in [-0.1, -0.05) is 25.3 Å². The normalized spacial score (nSPS) is 18.0. The van der Waals surface area contributed by atoms with Gasteiger partial charge < -0.3 is 10.0 Å². The second-order valence-corrected chi connectivity index (χ2v) is 7.27. The van der Waals surface area contributed by atoms with Crippen molar-refractivity contribution in [1.82, 2.24) is 4.90 Å². The molecule has 1 aliphatic carbocycles. The molecule has 4 nitrogen and oxygen atoms in total. The first-order valence-electron chi connectivity index (χ1n) is 7.83. The Morgan fingerprint density at radius 3 is 2.19 bits per heavy atom. The molecule has 0 spiro atoms. The van der Waals surface area contributed by atoms with Crippen molar-refractivity contribution < 1.29 is 14.7 Å². The molecule has 0 unspecified atom stereocenters. The summed E-state index contributed by atoms with van der Waals surface area (Å²) < 4.78 is 0. The topological polar surface area (TPSA) is 57.6 Å². The van der Waals surface area contributed by atoms with Gasteiger partial charge in [-0.15, -0.1) is 6.58 Å². The van der Waals surface area contributed by atoms with Gasteiger partial charge >= 0.3 is 5.97 Å². The van der Waals surface area contributed by atoms with Gasteiger partial charge in [0.1, 0.15) is 0 Å². The van der Waals surface area contributed by atoms with E-state index in [1.165, 1.54) is 0 Å². The van der Waals surface area contributed by atoms with Gasteiger partial charge in [-0.05, 0) is 39.0 Å². The molecule has 0 aromatic carbocycles. The van der Waals surface area contributed by atoms with Gasteiger partial charge in [-0.2, -0.15) is 0 Å². The van der Waals surface area contributed by atoms with E-state index < -0.39 is 5.97 Å². The smallest absolute Gasteiger partial charge is 0.303 e. The van der Waals surface area contributed by atoms with Gasteiger partial charge in [-0.3, -0.25) is 9.59 Å². The van der Waals surface area contributed by atoms with Crippen LogP contribution in [0.15, 0.2) is 12.7 Å². The number of carboxylic acid groups (broad SMARTS) is 1. The van der Waals surface area contributed by atoms with E-state index in [1.54, 1.807) is 11.0 Å². The third-order valence-corrected chi connectivity index (χ3v) is 4.39. The molecule has 0 aromatic rings. The molecule has 4 heteroatoms. The van der Waals surface area contributed by atoms with Crippen LogP contribution in [-0.4, -0.2) is 34.0 Å². The SMILES string of the molecule is C=CCN(C(=O)CC1(CC(=O)O)CCCCC1)C(C)(C)C. The zero-order valence-corrected chi connectivity index (χ0v) is 13.7. The average molecular weight is 295 g/mol. The van der Waals surface area contributed by atoms with Crippen LogP contribution in [0, 0.1) is 5.41 Å². The zero-order valence-electron chi connectivity index (χ0n) is 13.7. The maximum atomic E-state index is 12.7. The predicted molar refractivity (Wildman–Crippen MR) is 84.1 cm³/mol. The number of carbonyl (C=O) groups is 2. The molecule has 21 heavy (non-hydrogen) atoms. The van der Waals surface area contributed by atoms with Crippen LogP contribution in [0.25, 0.3) is 0 Å². The van der Waals surface area contributed by atoms with Crippen LogP contribution in [0.3, 0.4) is 0 Å². The third kappa shape index (κ3) is 5.18. The number of nitrogens with zero attached hydrogens (tertiary/aromatic N) is 1. The number of hydrogen-bond acceptors (Lipinski definition) is 2. The summed E-state index contributed by atoms with van der Waals surface area (Å²) in [5, 5.41) is 9.20. The Kier molecular flexibility index (Phi) is 5.99. The first-order chi connectivity index (χ1) is 9.70. The molecule has 1 aliphatic rings.